The standard InChI is InChI=1S/C45H55N11O15P2S2/c1-23(2)34(46)41(60)51-24(3)39(58)52-28-10-8-25(9-11-28)18-65-45(62)48-15-12-26-6-4-5-7-30(26)40(59)54-44-53-38-35(42(61)55-44)50-22-56(38)43-37-36(57)32(69-43)20-67-72(63,74)70-31-17-29(68-33-13-14-47-21-49-33)16-27(31)19-66-73(64,75)71-37/h4-11,13-14,21-24,27,29,31-32,34,36-37,43,57H,12,15-20,46H2,1-3H3,(H,48,62)(H,51,60)(H,52,58)(H,63,74)(H,64,75)(H2,53,54,55,59,61)/t24-,27+,29+,31-,32+,34-,36+,37+,43+,72?,73?/m0/s1. The molecule has 0 radical (unpaired) electrons. The van der Waals surface area contributed by atoms with Crippen molar-refractivity contribution >= 4 is 84.2 Å². The number of nitrogens with two attached hydrogens (primary N) is 1. The van der Waals surface area contributed by atoms with Gasteiger partial charge in [0, 0.05) is 42.4 Å². The number of fused-ring (bicyclic) bond motifs is 4. The van der Waals surface area contributed by atoms with Crippen LogP contribution in [0, 0.1) is 11.8 Å². The van der Waals surface area contributed by atoms with E-state index >= 15 is 0 Å². The Kier molecular flexibility index (Phi) is 17.8. The molecule has 0 spiro atoms. The van der Waals surface area contributed by atoms with Crippen LogP contribution in [-0.4, -0.2) is 126 Å². The van der Waals surface area contributed by atoms with Crippen molar-refractivity contribution in [2.45, 2.75) is 95.5 Å². The molecule has 30 heteroatoms. The van der Waals surface area contributed by atoms with Gasteiger partial charge in [-0.3, -0.25) is 38.6 Å². The molecule has 1 aliphatic carbocycles. The molecule has 5 heterocycles. The Balaban J connectivity index is 0.878. The minimum atomic E-state index is -4.34. The first-order valence-electron chi connectivity index (χ1n) is 23.5. The Morgan fingerprint density at radius 2 is 1.77 bits per heavy atom. The fraction of sp³-hybridized carbons (Fsp3) is 0.444. The number of carbonyl (C=O) groups is 4. The number of thiol groups is 1. The summed E-state index contributed by atoms with van der Waals surface area (Å²) in [5.41, 5.74) is 6.57. The molecule has 75 heavy (non-hydrogen) atoms. The van der Waals surface area contributed by atoms with E-state index in [9.17, 15) is 38.5 Å². The van der Waals surface area contributed by atoms with Crippen LogP contribution in [0.25, 0.3) is 11.2 Å². The monoisotopic (exact) mass is 1120 g/mol. The minimum Gasteiger partial charge on any atom is -0.474 e. The Morgan fingerprint density at radius 3 is 2.52 bits per heavy atom. The third kappa shape index (κ3) is 14.2. The lowest BCUT2D eigenvalue weighted by atomic mass is 10.0. The normalized spacial score (nSPS) is 26.6. The van der Waals surface area contributed by atoms with E-state index in [-0.39, 0.29) is 61.2 Å². The summed E-state index contributed by atoms with van der Waals surface area (Å²) in [6.45, 7) is -3.99. The van der Waals surface area contributed by atoms with Gasteiger partial charge in [0.25, 0.3) is 11.5 Å². The molecule has 8 rings (SSSR count). The van der Waals surface area contributed by atoms with Crippen LogP contribution in [0.1, 0.15) is 61.3 Å². The van der Waals surface area contributed by atoms with Crippen LogP contribution in [0.15, 0.2) is 78.2 Å². The number of aliphatic hydroxyl groups excluding tert-OH is 1. The molecule has 402 valence electrons. The second-order valence-corrected chi connectivity index (χ2v) is 23.8. The zero-order valence-corrected chi connectivity index (χ0v) is 43.9. The zero-order valence-electron chi connectivity index (χ0n) is 40.4. The van der Waals surface area contributed by atoms with E-state index in [1.54, 1.807) is 75.4 Å². The van der Waals surface area contributed by atoms with Crippen molar-refractivity contribution in [2.75, 3.05) is 30.4 Å². The average molecular weight is 1120 g/mol. The number of rotatable bonds is 15. The Bertz CT molecular complexity index is 3030. The number of amides is 4. The lowest BCUT2D eigenvalue weighted by Gasteiger charge is -2.27. The van der Waals surface area contributed by atoms with Gasteiger partial charge in [-0.2, -0.15) is 4.98 Å². The fourth-order valence-electron chi connectivity index (χ4n) is 8.31. The number of alkyl carbamates (subject to hydrolysis) is 1. The number of H-pyrrole nitrogens is 1. The van der Waals surface area contributed by atoms with Crippen molar-refractivity contribution in [3.63, 3.8) is 0 Å². The maximum absolute atomic E-state index is 13.9. The Morgan fingerprint density at radius 1 is 1.00 bits per heavy atom. The lowest BCUT2D eigenvalue weighted by molar-refractivity contribution is -0.127. The highest BCUT2D eigenvalue weighted by Gasteiger charge is 2.51. The van der Waals surface area contributed by atoms with Crippen LogP contribution in [0.3, 0.4) is 0 Å². The highest BCUT2D eigenvalue weighted by Crippen LogP contribution is 2.58. The molecule has 2 aromatic carbocycles. The fourth-order valence-corrected chi connectivity index (χ4v) is 11.3. The summed E-state index contributed by atoms with van der Waals surface area (Å²) in [5.74, 6) is -2.17. The molecule has 2 saturated heterocycles. The first-order valence-corrected chi connectivity index (χ1v) is 28.8. The Labute approximate surface area is 438 Å². The van der Waals surface area contributed by atoms with Crippen LogP contribution >= 0.6 is 25.8 Å². The van der Waals surface area contributed by atoms with E-state index in [4.69, 9.17) is 49.8 Å². The predicted octanol–water partition coefficient (Wildman–Crippen LogP) is 3.25. The van der Waals surface area contributed by atoms with Gasteiger partial charge in [-0.15, -0.1) is 0 Å². The lowest BCUT2D eigenvalue weighted by Crippen LogP contribution is -2.50. The second kappa shape index (κ2) is 24.1. The number of hydrogen-bond acceptors (Lipinski definition) is 20. The predicted molar refractivity (Wildman–Crippen MR) is 274 cm³/mol. The van der Waals surface area contributed by atoms with Gasteiger partial charge in [0.05, 0.1) is 31.7 Å². The van der Waals surface area contributed by atoms with Crippen LogP contribution < -0.4 is 37.3 Å². The number of hydrogen-bond donors (Lipinski definition) is 9. The van der Waals surface area contributed by atoms with Crippen molar-refractivity contribution in [1.29, 1.82) is 0 Å². The number of carbonyl (C=O) groups excluding carboxylic acids is 4. The third-order valence-electron chi connectivity index (χ3n) is 12.3. The largest absolute Gasteiger partial charge is 0.474 e. The summed E-state index contributed by atoms with van der Waals surface area (Å²) >= 11 is 9.58. The molecule has 2 bridgehead atoms. The minimum absolute atomic E-state index is 0.0693. The number of nitrogens with zero attached hydrogens (tertiary/aromatic N) is 5. The molecule has 4 amide bonds. The van der Waals surface area contributed by atoms with Crippen LogP contribution in [0.2, 0.25) is 0 Å². The van der Waals surface area contributed by atoms with Gasteiger partial charge in [-0.1, -0.05) is 56.4 Å². The summed E-state index contributed by atoms with van der Waals surface area (Å²) in [4.78, 5) is 95.0. The van der Waals surface area contributed by atoms with Crippen molar-refractivity contribution in [1.82, 2.24) is 40.1 Å². The smallest absolute Gasteiger partial charge is 0.407 e. The summed E-state index contributed by atoms with van der Waals surface area (Å²) in [5, 5.41) is 22.1. The van der Waals surface area contributed by atoms with Crippen molar-refractivity contribution in [3.8, 4) is 5.88 Å². The Hall–Kier alpha value is -5.74. The number of anilines is 2. The van der Waals surface area contributed by atoms with Gasteiger partial charge in [0.15, 0.2) is 17.4 Å². The molecule has 2 aliphatic heterocycles. The highest BCUT2D eigenvalue weighted by atomic mass is 32.7. The third-order valence-corrected chi connectivity index (χ3v) is 15.5. The van der Waals surface area contributed by atoms with Crippen LogP contribution in [-0.2, 0) is 66.6 Å². The van der Waals surface area contributed by atoms with E-state index in [1.165, 1.54) is 23.4 Å². The molecule has 2 unspecified atom stereocenters. The molecular formula is C45H55N11O15P2S2. The summed E-state index contributed by atoms with van der Waals surface area (Å²) in [6.07, 6.45) is -3.05. The highest BCUT2D eigenvalue weighted by molar-refractivity contribution is 8.44. The number of imidazole rings is 1. The molecule has 5 aromatic rings. The molecule has 26 nitrogen and oxygen atoms in total. The molecule has 3 aliphatic rings. The van der Waals surface area contributed by atoms with Gasteiger partial charge < -0.3 is 59.5 Å². The summed E-state index contributed by atoms with van der Waals surface area (Å²) in [7, 11) is 0. The number of aromatic nitrogens is 6. The van der Waals surface area contributed by atoms with E-state index in [0.717, 1.165) is 0 Å². The van der Waals surface area contributed by atoms with Crippen molar-refractivity contribution in [2.24, 2.45) is 17.6 Å². The summed E-state index contributed by atoms with van der Waals surface area (Å²) in [6, 6.07) is 13.1. The SMILES string of the molecule is CC(C)[C@H](N)C(=O)N[C@@H](C)C(=O)Nc1ccc(COC(=O)NCCc2ccccc2C(=O)Nc2nc3c(ncn3[C@@H]3O[C@@H]4COP(O)(=S)O[C@H]5C[C@H](Oc6ccncn6)C[C@@H]5COP(=O)(S)O[C@@H]3[C@@H]4O)c(=O)[nH]2)cc1. The van der Waals surface area contributed by atoms with E-state index < -0.39 is 104 Å². The van der Waals surface area contributed by atoms with E-state index in [2.05, 4.69) is 58.4 Å². The molecule has 1 saturated carbocycles. The number of aromatic amines is 1. The number of nitrogens with one attached hydrogen (secondary N) is 5. The number of ether oxygens (including phenoxy) is 3. The first kappa shape index (κ1) is 55.5. The van der Waals surface area contributed by atoms with Crippen molar-refractivity contribution in [3.05, 3.63) is 100 Å². The zero-order chi connectivity index (χ0) is 53.6. The van der Waals surface area contributed by atoms with Gasteiger partial charge in [0.2, 0.25) is 23.6 Å². The number of aliphatic hydroxyl groups is 1. The van der Waals surface area contributed by atoms with Gasteiger partial charge in [-0.05, 0) is 66.8 Å². The number of benzene rings is 2. The first-order chi connectivity index (χ1) is 35.7. The molecular weight excluding hydrogens is 1060 g/mol. The van der Waals surface area contributed by atoms with Gasteiger partial charge in [-0.25, -0.2) is 24.3 Å². The maximum atomic E-state index is 13.9. The average Bonchev–Trinajstić information content (AvgIpc) is 4.06. The topological polar surface area (TPSA) is 354 Å². The molecule has 11 atom stereocenters. The van der Waals surface area contributed by atoms with E-state index in [0.29, 0.717) is 29.1 Å². The van der Waals surface area contributed by atoms with E-state index in [1.807, 2.05) is 0 Å². The maximum Gasteiger partial charge on any atom is 0.407 e. The second-order valence-electron chi connectivity index (χ2n) is 18.1. The summed E-state index contributed by atoms with van der Waals surface area (Å²) < 4.78 is 55.9. The van der Waals surface area contributed by atoms with Crippen LogP contribution in [0.5, 0.6) is 5.88 Å². The molecule has 9 N–H and O–H groups in total. The quantitative estimate of drug-likeness (QED) is 0.0536. The van der Waals surface area contributed by atoms with Gasteiger partial charge in [0.1, 0.15) is 43.4 Å². The van der Waals surface area contributed by atoms with Gasteiger partial charge >= 0.3 is 19.6 Å². The molecule has 3 fully saturated rings. The van der Waals surface area contributed by atoms with Crippen LogP contribution in [0.4, 0.5) is 16.4 Å². The molecule has 3 aromatic heterocycles. The van der Waals surface area contributed by atoms with Crippen molar-refractivity contribution < 1.29 is 66.0 Å².